The first kappa shape index (κ1) is 26.5. The molecule has 3 N–H and O–H groups in total. The molecule has 2 rings (SSSR count). The Hall–Kier alpha value is -3.75. The Balaban J connectivity index is 2.38. The van der Waals surface area contributed by atoms with E-state index >= 15 is 0 Å². The predicted octanol–water partition coefficient (Wildman–Crippen LogP) is 3.71. The number of phenolic OH excluding ortho intramolecular Hbond substituents is 2. The third kappa shape index (κ3) is 7.40. The van der Waals surface area contributed by atoms with Crippen molar-refractivity contribution in [2.45, 2.75) is 57.8 Å². The van der Waals surface area contributed by atoms with Crippen LogP contribution in [0.3, 0.4) is 0 Å². The molecule has 0 aromatic heterocycles. The summed E-state index contributed by atoms with van der Waals surface area (Å²) in [6, 6.07) is 12.4. The minimum Gasteiger partial charge on any atom is -0.504 e. The number of phenols is 2. The van der Waals surface area contributed by atoms with Crippen LogP contribution in [-0.4, -0.2) is 52.6 Å². The van der Waals surface area contributed by atoms with E-state index < -0.39 is 41.0 Å². The fourth-order valence-corrected chi connectivity index (χ4v) is 3.45. The molecule has 0 aliphatic carbocycles. The minimum atomic E-state index is -1.71. The van der Waals surface area contributed by atoms with Gasteiger partial charge >= 0.3 is 18.0 Å². The third-order valence-electron chi connectivity index (χ3n) is 4.82. The van der Waals surface area contributed by atoms with E-state index in [-0.39, 0.29) is 18.6 Å². The van der Waals surface area contributed by atoms with Crippen molar-refractivity contribution < 1.29 is 38.8 Å². The summed E-state index contributed by atoms with van der Waals surface area (Å²) in [5.41, 5.74) is -1.80. The van der Waals surface area contributed by atoms with Gasteiger partial charge in [0.1, 0.15) is 17.2 Å². The molecule has 34 heavy (non-hydrogen) atoms. The Labute approximate surface area is 198 Å². The molecule has 0 radical (unpaired) electrons. The van der Waals surface area contributed by atoms with Crippen LogP contribution in [0.5, 0.6) is 11.5 Å². The molecule has 1 unspecified atom stereocenters. The van der Waals surface area contributed by atoms with E-state index in [1.54, 1.807) is 58.0 Å². The van der Waals surface area contributed by atoms with Crippen LogP contribution >= 0.6 is 0 Å². The summed E-state index contributed by atoms with van der Waals surface area (Å²) in [6.45, 7) is 6.61. The predicted molar refractivity (Wildman–Crippen MR) is 124 cm³/mol. The molecule has 9 nitrogen and oxygen atoms in total. The first-order valence-electron chi connectivity index (χ1n) is 10.7. The molecule has 9 heteroatoms. The fraction of sp³-hybridized carbons (Fsp3) is 0.400. The number of nitrogens with one attached hydrogen (secondary N) is 1. The molecule has 2 aromatic rings. The molecule has 0 aliphatic rings. The van der Waals surface area contributed by atoms with E-state index in [0.717, 1.165) is 0 Å². The SMILES string of the molecule is COC(=O)[C@](Cc1ccc(O)c(O)c1)(CC(C)OC(=O)c1ccccc1)NC(=O)OC(C)(C)C. The molecule has 0 heterocycles. The number of hydrogen-bond donors (Lipinski definition) is 3. The highest BCUT2D eigenvalue weighted by Crippen LogP contribution is 2.30. The average Bonchev–Trinajstić information content (AvgIpc) is 2.74. The lowest BCUT2D eigenvalue weighted by atomic mass is 9.85. The van der Waals surface area contributed by atoms with Crippen LogP contribution < -0.4 is 5.32 Å². The lowest BCUT2D eigenvalue weighted by Gasteiger charge is -2.35. The van der Waals surface area contributed by atoms with Gasteiger partial charge in [0.05, 0.1) is 12.7 Å². The number of hydrogen-bond acceptors (Lipinski definition) is 8. The zero-order chi connectivity index (χ0) is 25.5. The van der Waals surface area contributed by atoms with Gasteiger partial charge in [-0.3, -0.25) is 0 Å². The van der Waals surface area contributed by atoms with Gasteiger partial charge in [-0.2, -0.15) is 0 Å². The number of amides is 1. The van der Waals surface area contributed by atoms with Crippen LogP contribution in [0.4, 0.5) is 4.79 Å². The van der Waals surface area contributed by atoms with E-state index in [0.29, 0.717) is 11.1 Å². The van der Waals surface area contributed by atoms with E-state index in [2.05, 4.69) is 5.32 Å². The topological polar surface area (TPSA) is 131 Å². The van der Waals surface area contributed by atoms with E-state index in [4.69, 9.17) is 14.2 Å². The summed E-state index contributed by atoms with van der Waals surface area (Å²) in [6.07, 6.45) is -1.99. The Bertz CT molecular complexity index is 1020. The van der Waals surface area contributed by atoms with E-state index in [9.17, 15) is 24.6 Å². The number of carbonyl (C=O) groups excluding carboxylic acids is 3. The van der Waals surface area contributed by atoms with Crippen molar-refractivity contribution in [3.8, 4) is 11.5 Å². The van der Waals surface area contributed by atoms with Gasteiger partial charge in [0.2, 0.25) is 0 Å². The van der Waals surface area contributed by atoms with Gasteiger partial charge in [0.25, 0.3) is 0 Å². The first-order valence-corrected chi connectivity index (χ1v) is 10.7. The summed E-state index contributed by atoms with van der Waals surface area (Å²) in [5.74, 6) is -2.12. The van der Waals surface area contributed by atoms with Crippen molar-refractivity contribution in [3.63, 3.8) is 0 Å². The Morgan fingerprint density at radius 1 is 1.00 bits per heavy atom. The highest BCUT2D eigenvalue weighted by atomic mass is 16.6. The smallest absolute Gasteiger partial charge is 0.408 e. The molecular weight excluding hydrogens is 442 g/mol. The van der Waals surface area contributed by atoms with Crippen LogP contribution in [0.1, 0.15) is 50.0 Å². The molecular formula is C25H31NO8. The van der Waals surface area contributed by atoms with Crippen molar-refractivity contribution in [3.05, 3.63) is 59.7 Å². The van der Waals surface area contributed by atoms with Crippen LogP contribution in [-0.2, 0) is 25.4 Å². The average molecular weight is 474 g/mol. The summed E-state index contributed by atoms with van der Waals surface area (Å²) in [4.78, 5) is 38.2. The molecule has 0 fully saturated rings. The third-order valence-corrected chi connectivity index (χ3v) is 4.82. The second-order valence-electron chi connectivity index (χ2n) is 8.99. The van der Waals surface area contributed by atoms with Gasteiger partial charge < -0.3 is 29.7 Å². The number of methoxy groups -OCH3 is 1. The number of alkyl carbamates (subject to hydrolysis) is 1. The number of ether oxygens (including phenoxy) is 3. The van der Waals surface area contributed by atoms with Crippen molar-refractivity contribution >= 4 is 18.0 Å². The number of rotatable bonds is 8. The van der Waals surface area contributed by atoms with Gasteiger partial charge in [0, 0.05) is 12.8 Å². The molecule has 2 aromatic carbocycles. The van der Waals surface area contributed by atoms with Gasteiger partial charge in [-0.1, -0.05) is 24.3 Å². The van der Waals surface area contributed by atoms with Crippen molar-refractivity contribution in [1.82, 2.24) is 5.32 Å². The van der Waals surface area contributed by atoms with Gasteiger partial charge in [-0.05, 0) is 57.5 Å². The molecule has 184 valence electrons. The van der Waals surface area contributed by atoms with Crippen LogP contribution in [0.15, 0.2) is 48.5 Å². The molecule has 0 aliphatic heterocycles. The molecule has 0 bridgehead atoms. The largest absolute Gasteiger partial charge is 0.504 e. The van der Waals surface area contributed by atoms with Gasteiger partial charge in [-0.15, -0.1) is 0 Å². The summed E-state index contributed by atoms with van der Waals surface area (Å²) in [7, 11) is 1.17. The molecule has 1 amide bonds. The number of carbonyl (C=O) groups is 3. The summed E-state index contributed by atoms with van der Waals surface area (Å²) in [5, 5.41) is 22.1. The molecule has 0 saturated heterocycles. The van der Waals surface area contributed by atoms with E-state index in [1.165, 1.54) is 25.3 Å². The normalized spacial score (nSPS) is 13.8. The maximum Gasteiger partial charge on any atom is 0.408 e. The van der Waals surface area contributed by atoms with Gasteiger partial charge in [0.15, 0.2) is 11.5 Å². The van der Waals surface area contributed by atoms with Crippen LogP contribution in [0.2, 0.25) is 0 Å². The zero-order valence-electron chi connectivity index (χ0n) is 20.0. The Morgan fingerprint density at radius 3 is 2.21 bits per heavy atom. The Morgan fingerprint density at radius 2 is 1.65 bits per heavy atom. The fourth-order valence-electron chi connectivity index (χ4n) is 3.45. The standard InChI is InChI=1S/C25H31NO8/c1-16(33-21(29)18-9-7-6-8-10-18)14-25(22(30)32-5,26-23(31)34-24(2,3)4)15-17-11-12-19(27)20(28)13-17/h6-13,16,27-28H,14-15H2,1-5H3,(H,26,31)/t16?,25-/m1/s1. The minimum absolute atomic E-state index is 0.139. The highest BCUT2D eigenvalue weighted by molar-refractivity contribution is 5.89. The van der Waals surface area contributed by atoms with Crippen LogP contribution in [0, 0.1) is 0 Å². The highest BCUT2D eigenvalue weighted by Gasteiger charge is 2.44. The number of benzene rings is 2. The summed E-state index contributed by atoms with van der Waals surface area (Å²) < 4.78 is 15.9. The first-order chi connectivity index (χ1) is 15.8. The maximum absolute atomic E-state index is 13.0. The monoisotopic (exact) mass is 473 g/mol. The second kappa shape index (κ2) is 10.9. The van der Waals surface area contributed by atoms with Crippen molar-refractivity contribution in [1.29, 1.82) is 0 Å². The Kier molecular flexibility index (Phi) is 8.51. The lowest BCUT2D eigenvalue weighted by molar-refractivity contribution is -0.150. The second-order valence-corrected chi connectivity index (χ2v) is 8.99. The van der Waals surface area contributed by atoms with Crippen molar-refractivity contribution in [2.24, 2.45) is 0 Å². The quantitative estimate of drug-likeness (QED) is 0.300. The lowest BCUT2D eigenvalue weighted by Crippen LogP contribution is -2.59. The molecule has 0 spiro atoms. The number of aromatic hydroxyl groups is 2. The molecule has 0 saturated carbocycles. The van der Waals surface area contributed by atoms with Gasteiger partial charge in [-0.25, -0.2) is 14.4 Å². The van der Waals surface area contributed by atoms with Crippen LogP contribution in [0.25, 0.3) is 0 Å². The van der Waals surface area contributed by atoms with Crippen molar-refractivity contribution in [2.75, 3.05) is 7.11 Å². The maximum atomic E-state index is 13.0. The number of esters is 2. The van der Waals surface area contributed by atoms with E-state index in [1.807, 2.05) is 0 Å². The zero-order valence-corrected chi connectivity index (χ0v) is 20.0. The molecule has 2 atom stereocenters. The summed E-state index contributed by atoms with van der Waals surface area (Å²) >= 11 is 0.